The molecule has 0 saturated heterocycles. The Morgan fingerprint density at radius 2 is 0.875 bits per heavy atom. The minimum absolute atomic E-state index is 0.577. The van der Waals surface area contributed by atoms with Gasteiger partial charge in [0, 0.05) is 32.8 Å². The third-order valence-corrected chi connectivity index (χ3v) is 10.6. The fourth-order valence-electron chi connectivity index (χ4n) is 8.03. The molecule has 11 rings (SSSR count). The van der Waals surface area contributed by atoms with Crippen LogP contribution >= 0.6 is 0 Å². The van der Waals surface area contributed by atoms with Crippen molar-refractivity contribution in [3.8, 4) is 56.9 Å². The zero-order valence-corrected chi connectivity index (χ0v) is 30.2. The van der Waals surface area contributed by atoms with Crippen LogP contribution < -0.4 is 0 Å². The third kappa shape index (κ3) is 5.19. The second kappa shape index (κ2) is 13.0. The number of para-hydroxylation sites is 3. The van der Waals surface area contributed by atoms with E-state index in [0.717, 1.165) is 77.6 Å². The van der Waals surface area contributed by atoms with Gasteiger partial charge in [0.15, 0.2) is 11.6 Å². The first-order valence-corrected chi connectivity index (χ1v) is 18.7. The molecule has 3 heterocycles. The van der Waals surface area contributed by atoms with Crippen molar-refractivity contribution in [3.63, 3.8) is 0 Å². The van der Waals surface area contributed by atoms with E-state index in [4.69, 9.17) is 19.9 Å². The molecule has 262 valence electrons. The Kier molecular flexibility index (Phi) is 7.38. The van der Waals surface area contributed by atoms with Crippen molar-refractivity contribution in [1.29, 1.82) is 0 Å². The quantitative estimate of drug-likeness (QED) is 0.172. The molecule has 11 aromatic rings. The largest absolute Gasteiger partial charge is 0.292 e. The first kappa shape index (κ1) is 31.8. The van der Waals surface area contributed by atoms with E-state index in [1.54, 1.807) is 0 Å². The summed E-state index contributed by atoms with van der Waals surface area (Å²) in [5.74, 6) is 2.76. The van der Waals surface area contributed by atoms with Gasteiger partial charge in [-0.15, -0.1) is 0 Å². The summed E-state index contributed by atoms with van der Waals surface area (Å²) in [5.41, 5.74) is 10.4. The van der Waals surface area contributed by atoms with Crippen molar-refractivity contribution in [2.45, 2.75) is 0 Å². The highest BCUT2D eigenvalue weighted by Gasteiger charge is 2.20. The van der Waals surface area contributed by atoms with Crippen LogP contribution in [0, 0.1) is 0 Å². The van der Waals surface area contributed by atoms with Gasteiger partial charge >= 0.3 is 0 Å². The minimum Gasteiger partial charge on any atom is -0.292 e. The van der Waals surface area contributed by atoms with E-state index >= 15 is 0 Å². The number of imidazole rings is 1. The SMILES string of the molecule is c1ccc(-c2nc(-c3ccccc3)nc(-n3c4ccccc4c4cc(-c5ccc(-n6c(-c7ccccc7)nc7ccccc76)c6ccccc56)ccc43)n2)cc1. The smallest absolute Gasteiger partial charge is 0.238 e. The maximum Gasteiger partial charge on any atom is 0.238 e. The Balaban J connectivity index is 1.11. The topological polar surface area (TPSA) is 61.4 Å². The van der Waals surface area contributed by atoms with Crippen LogP contribution in [0.3, 0.4) is 0 Å². The first-order valence-electron chi connectivity index (χ1n) is 18.7. The second-order valence-corrected chi connectivity index (χ2v) is 13.9. The van der Waals surface area contributed by atoms with E-state index in [-0.39, 0.29) is 0 Å². The molecule has 0 fully saturated rings. The average Bonchev–Trinajstić information content (AvgIpc) is 3.83. The summed E-state index contributed by atoms with van der Waals surface area (Å²) in [6.07, 6.45) is 0. The molecule has 6 nitrogen and oxygen atoms in total. The highest BCUT2D eigenvalue weighted by atomic mass is 15.2. The maximum atomic E-state index is 5.13. The van der Waals surface area contributed by atoms with Gasteiger partial charge in [-0.25, -0.2) is 9.97 Å². The number of hydrogen-bond donors (Lipinski definition) is 0. The van der Waals surface area contributed by atoms with Crippen LogP contribution in [0.1, 0.15) is 0 Å². The van der Waals surface area contributed by atoms with Crippen molar-refractivity contribution in [2.24, 2.45) is 0 Å². The molecule has 56 heavy (non-hydrogen) atoms. The summed E-state index contributed by atoms with van der Waals surface area (Å²) >= 11 is 0. The summed E-state index contributed by atoms with van der Waals surface area (Å²) < 4.78 is 4.47. The number of rotatable bonds is 6. The van der Waals surface area contributed by atoms with Gasteiger partial charge in [0.2, 0.25) is 5.95 Å². The van der Waals surface area contributed by atoms with E-state index in [9.17, 15) is 0 Å². The molecular weight excluding hydrogens is 685 g/mol. The fraction of sp³-hybridized carbons (Fsp3) is 0. The molecule has 0 spiro atoms. The summed E-state index contributed by atoms with van der Waals surface area (Å²) in [7, 11) is 0. The van der Waals surface area contributed by atoms with Crippen LogP contribution in [0.25, 0.3) is 101 Å². The molecule has 0 radical (unpaired) electrons. The molecule has 0 amide bonds. The van der Waals surface area contributed by atoms with Gasteiger partial charge in [-0.3, -0.25) is 9.13 Å². The van der Waals surface area contributed by atoms with Crippen LogP contribution in [-0.2, 0) is 0 Å². The summed E-state index contributed by atoms with van der Waals surface area (Å²) in [6.45, 7) is 0. The van der Waals surface area contributed by atoms with Crippen LogP contribution in [0.2, 0.25) is 0 Å². The van der Waals surface area contributed by atoms with Gasteiger partial charge in [-0.1, -0.05) is 158 Å². The predicted molar refractivity (Wildman–Crippen MR) is 228 cm³/mol. The molecule has 0 aliphatic rings. The van der Waals surface area contributed by atoms with Gasteiger partial charge in [-0.2, -0.15) is 9.97 Å². The van der Waals surface area contributed by atoms with E-state index in [0.29, 0.717) is 17.6 Å². The summed E-state index contributed by atoms with van der Waals surface area (Å²) in [4.78, 5) is 20.3. The highest BCUT2D eigenvalue weighted by Crippen LogP contribution is 2.40. The molecule has 3 aromatic heterocycles. The molecule has 6 heteroatoms. The Labute approximate surface area is 322 Å². The normalized spacial score (nSPS) is 11.6. The van der Waals surface area contributed by atoms with Crippen molar-refractivity contribution < 1.29 is 0 Å². The Morgan fingerprint density at radius 1 is 0.321 bits per heavy atom. The highest BCUT2D eigenvalue weighted by molar-refractivity contribution is 6.11. The van der Waals surface area contributed by atoms with Crippen molar-refractivity contribution in [1.82, 2.24) is 29.1 Å². The lowest BCUT2D eigenvalue weighted by Crippen LogP contribution is -2.06. The van der Waals surface area contributed by atoms with Gasteiger partial charge in [-0.05, 0) is 52.9 Å². The average molecular weight is 717 g/mol. The lowest BCUT2D eigenvalue weighted by Gasteiger charge is -2.16. The van der Waals surface area contributed by atoms with Crippen molar-refractivity contribution in [3.05, 3.63) is 194 Å². The van der Waals surface area contributed by atoms with Crippen LogP contribution in [0.4, 0.5) is 0 Å². The third-order valence-electron chi connectivity index (χ3n) is 10.6. The molecule has 8 aromatic carbocycles. The second-order valence-electron chi connectivity index (χ2n) is 13.9. The fourth-order valence-corrected chi connectivity index (χ4v) is 8.03. The van der Waals surface area contributed by atoms with Crippen LogP contribution in [0.5, 0.6) is 0 Å². The van der Waals surface area contributed by atoms with E-state index in [1.807, 2.05) is 72.8 Å². The number of nitrogens with zero attached hydrogens (tertiary/aromatic N) is 6. The van der Waals surface area contributed by atoms with E-state index in [1.165, 1.54) is 5.39 Å². The molecule has 0 aliphatic heterocycles. The molecular formula is C50H32N6. The Bertz CT molecular complexity index is 3180. The predicted octanol–water partition coefficient (Wildman–Crippen LogP) is 12.1. The van der Waals surface area contributed by atoms with Crippen LogP contribution in [-0.4, -0.2) is 29.1 Å². The summed E-state index contributed by atoms with van der Waals surface area (Å²) in [6, 6.07) is 67.5. The lowest BCUT2D eigenvalue weighted by molar-refractivity contribution is 0.953. The van der Waals surface area contributed by atoms with Crippen molar-refractivity contribution >= 4 is 43.6 Å². The minimum atomic E-state index is 0.577. The monoisotopic (exact) mass is 716 g/mol. The zero-order valence-electron chi connectivity index (χ0n) is 30.2. The molecule has 0 unspecified atom stereocenters. The number of hydrogen-bond acceptors (Lipinski definition) is 4. The molecule has 0 N–H and O–H groups in total. The van der Waals surface area contributed by atoms with Gasteiger partial charge in [0.25, 0.3) is 0 Å². The Morgan fingerprint density at radius 3 is 1.57 bits per heavy atom. The molecule has 0 atom stereocenters. The summed E-state index contributed by atoms with van der Waals surface area (Å²) in [5, 5.41) is 4.58. The van der Waals surface area contributed by atoms with E-state index < -0.39 is 0 Å². The molecule has 0 bridgehead atoms. The number of benzene rings is 8. The molecule has 0 aliphatic carbocycles. The van der Waals surface area contributed by atoms with E-state index in [2.05, 4.69) is 130 Å². The van der Waals surface area contributed by atoms with Crippen molar-refractivity contribution in [2.75, 3.05) is 0 Å². The van der Waals surface area contributed by atoms with Gasteiger partial charge < -0.3 is 0 Å². The lowest BCUT2D eigenvalue weighted by atomic mass is 9.95. The molecule has 0 saturated carbocycles. The zero-order chi connectivity index (χ0) is 37.0. The van der Waals surface area contributed by atoms with Gasteiger partial charge in [0.1, 0.15) is 5.82 Å². The van der Waals surface area contributed by atoms with Crippen LogP contribution in [0.15, 0.2) is 194 Å². The standard InChI is InChI=1S/C50H32N6/c1-4-16-33(17-5-1)47-52-48(34-18-6-2-7-19-34)54-50(53-47)56-43-26-14-12-24-40(43)41-32-36(28-30-45(41)56)37-29-31-44(39-23-11-10-22-38(37)39)55-46-27-15-13-25-42(46)51-49(55)35-20-8-3-9-21-35/h1-32H. The Hall–Kier alpha value is -7.70. The first-order chi connectivity index (χ1) is 27.8. The number of aromatic nitrogens is 6. The number of fused-ring (bicyclic) bond motifs is 5. The van der Waals surface area contributed by atoms with Gasteiger partial charge in [0.05, 0.1) is 27.8 Å². The maximum absolute atomic E-state index is 5.13.